The molecule has 1 heterocycles. The second-order valence-corrected chi connectivity index (χ2v) is 5.17. The number of halogens is 1. The predicted molar refractivity (Wildman–Crippen MR) is 84.0 cm³/mol. The molecule has 0 amide bonds. The van der Waals surface area contributed by atoms with Crippen molar-refractivity contribution in [3.05, 3.63) is 46.7 Å². The van der Waals surface area contributed by atoms with Gasteiger partial charge in [0.15, 0.2) is 0 Å². The molecule has 1 aromatic heterocycles. The molecule has 5 heteroatoms. The van der Waals surface area contributed by atoms with E-state index in [9.17, 15) is 0 Å². The van der Waals surface area contributed by atoms with Crippen LogP contribution in [-0.4, -0.2) is 17.0 Å². The first-order valence-electron chi connectivity index (χ1n) is 6.67. The van der Waals surface area contributed by atoms with Gasteiger partial charge in [0.05, 0.1) is 0 Å². The first-order valence-corrected chi connectivity index (χ1v) is 7.05. The molecule has 0 aliphatic heterocycles. The summed E-state index contributed by atoms with van der Waals surface area (Å²) >= 11 is 6.20. The molecule has 106 valence electrons. The zero-order chi connectivity index (χ0) is 14.5. The Labute approximate surface area is 124 Å². The summed E-state index contributed by atoms with van der Waals surface area (Å²) in [6.45, 7) is 2.80. The molecule has 0 saturated carbocycles. The molecule has 0 radical (unpaired) electrons. The molecule has 0 atom stereocenters. The summed E-state index contributed by atoms with van der Waals surface area (Å²) in [5.41, 5.74) is 8.03. The van der Waals surface area contributed by atoms with Crippen LogP contribution in [0.2, 0.25) is 5.02 Å². The highest BCUT2D eigenvalue weighted by molar-refractivity contribution is 6.31. The van der Waals surface area contributed by atoms with Crippen molar-refractivity contribution in [1.82, 2.24) is 9.97 Å². The van der Waals surface area contributed by atoms with Crippen LogP contribution in [0.4, 0.5) is 11.6 Å². The Kier molecular flexibility index (Phi) is 4.79. The van der Waals surface area contributed by atoms with Gasteiger partial charge in [0.25, 0.3) is 0 Å². The Balaban J connectivity index is 2.27. The van der Waals surface area contributed by atoms with Crippen molar-refractivity contribution in [2.75, 3.05) is 17.7 Å². The Morgan fingerprint density at radius 1 is 1.25 bits per heavy atom. The van der Waals surface area contributed by atoms with Crippen LogP contribution in [-0.2, 0) is 13.0 Å². The Bertz CT molecular complexity index is 586. The first kappa shape index (κ1) is 14.6. The lowest BCUT2D eigenvalue weighted by Gasteiger charge is -2.22. The van der Waals surface area contributed by atoms with Crippen LogP contribution in [0.15, 0.2) is 30.6 Å². The first-order chi connectivity index (χ1) is 9.63. The lowest BCUT2D eigenvalue weighted by molar-refractivity contribution is 0.846. The predicted octanol–water partition coefficient (Wildman–Crippen LogP) is 3.30. The number of benzene rings is 1. The molecule has 0 saturated heterocycles. The maximum atomic E-state index is 6.20. The smallest absolute Gasteiger partial charge is 0.137 e. The monoisotopic (exact) mass is 290 g/mol. The van der Waals surface area contributed by atoms with E-state index < -0.39 is 0 Å². The lowest BCUT2D eigenvalue weighted by Crippen LogP contribution is -2.20. The summed E-state index contributed by atoms with van der Waals surface area (Å²) in [5, 5.41) is 0.762. The topological polar surface area (TPSA) is 55.0 Å². The van der Waals surface area contributed by atoms with Crippen LogP contribution in [0.1, 0.15) is 24.5 Å². The van der Waals surface area contributed by atoms with E-state index in [0.717, 1.165) is 34.8 Å². The SMILES string of the molecule is CCCc1c(N)ncnc1N(C)Cc1ccccc1Cl. The number of aromatic nitrogens is 2. The standard InChI is InChI=1S/C15H19ClN4/c1-3-6-12-14(17)18-10-19-15(12)20(2)9-11-7-4-5-8-13(11)16/h4-5,7-8,10H,3,6,9H2,1-2H3,(H2,17,18,19). The van der Waals surface area contributed by atoms with E-state index in [2.05, 4.69) is 21.8 Å². The number of rotatable bonds is 5. The van der Waals surface area contributed by atoms with Gasteiger partial charge in [-0.2, -0.15) is 0 Å². The van der Waals surface area contributed by atoms with Gasteiger partial charge in [-0.25, -0.2) is 9.97 Å². The van der Waals surface area contributed by atoms with Crippen molar-refractivity contribution in [2.45, 2.75) is 26.3 Å². The number of nitrogen functional groups attached to an aromatic ring is 1. The summed E-state index contributed by atoms with van der Waals surface area (Å²) in [6.07, 6.45) is 3.38. The second kappa shape index (κ2) is 6.57. The average molecular weight is 291 g/mol. The van der Waals surface area contributed by atoms with E-state index in [1.165, 1.54) is 6.33 Å². The molecule has 2 rings (SSSR count). The number of anilines is 2. The normalized spacial score (nSPS) is 10.6. The van der Waals surface area contributed by atoms with Crippen molar-refractivity contribution in [2.24, 2.45) is 0 Å². The van der Waals surface area contributed by atoms with Gasteiger partial charge in [-0.15, -0.1) is 0 Å². The van der Waals surface area contributed by atoms with Gasteiger partial charge in [-0.05, 0) is 18.1 Å². The van der Waals surface area contributed by atoms with E-state index >= 15 is 0 Å². The van der Waals surface area contributed by atoms with Crippen molar-refractivity contribution in [3.63, 3.8) is 0 Å². The Hall–Kier alpha value is -1.81. The molecule has 4 nitrogen and oxygen atoms in total. The highest BCUT2D eigenvalue weighted by atomic mass is 35.5. The maximum Gasteiger partial charge on any atom is 0.137 e. The minimum Gasteiger partial charge on any atom is -0.383 e. The van der Waals surface area contributed by atoms with Gasteiger partial charge < -0.3 is 10.6 Å². The molecule has 20 heavy (non-hydrogen) atoms. The molecular weight excluding hydrogens is 272 g/mol. The van der Waals surface area contributed by atoms with Crippen molar-refractivity contribution >= 4 is 23.2 Å². The largest absolute Gasteiger partial charge is 0.383 e. The van der Waals surface area contributed by atoms with Gasteiger partial charge in [0.2, 0.25) is 0 Å². The summed E-state index contributed by atoms with van der Waals surface area (Å²) < 4.78 is 0. The number of hydrogen-bond acceptors (Lipinski definition) is 4. The third-order valence-corrected chi connectivity index (χ3v) is 3.55. The summed E-state index contributed by atoms with van der Waals surface area (Å²) in [5.74, 6) is 1.43. The molecule has 2 aromatic rings. The minimum atomic E-state index is 0.558. The van der Waals surface area contributed by atoms with Crippen LogP contribution in [0.5, 0.6) is 0 Å². The van der Waals surface area contributed by atoms with E-state index in [1.807, 2.05) is 31.3 Å². The second-order valence-electron chi connectivity index (χ2n) is 4.76. The summed E-state index contributed by atoms with van der Waals surface area (Å²) in [6, 6.07) is 7.82. The van der Waals surface area contributed by atoms with E-state index in [-0.39, 0.29) is 0 Å². The van der Waals surface area contributed by atoms with Crippen molar-refractivity contribution in [1.29, 1.82) is 0 Å². The molecule has 0 aliphatic rings. The summed E-state index contributed by atoms with van der Waals surface area (Å²) in [4.78, 5) is 10.5. The van der Waals surface area contributed by atoms with E-state index in [4.69, 9.17) is 17.3 Å². The number of hydrogen-bond donors (Lipinski definition) is 1. The van der Waals surface area contributed by atoms with Gasteiger partial charge in [0, 0.05) is 24.2 Å². The third-order valence-electron chi connectivity index (χ3n) is 3.18. The summed E-state index contributed by atoms with van der Waals surface area (Å²) in [7, 11) is 1.99. The maximum absolute atomic E-state index is 6.20. The van der Waals surface area contributed by atoms with E-state index in [0.29, 0.717) is 12.4 Å². The quantitative estimate of drug-likeness (QED) is 0.918. The zero-order valence-corrected chi connectivity index (χ0v) is 12.6. The number of nitrogens with zero attached hydrogens (tertiary/aromatic N) is 3. The molecule has 0 fully saturated rings. The molecule has 0 bridgehead atoms. The van der Waals surface area contributed by atoms with Gasteiger partial charge >= 0.3 is 0 Å². The van der Waals surface area contributed by atoms with Gasteiger partial charge in [0.1, 0.15) is 18.0 Å². The molecular formula is C15H19ClN4. The minimum absolute atomic E-state index is 0.558. The van der Waals surface area contributed by atoms with Crippen LogP contribution in [0.3, 0.4) is 0 Å². The van der Waals surface area contributed by atoms with Crippen LogP contribution in [0.25, 0.3) is 0 Å². The fourth-order valence-electron chi connectivity index (χ4n) is 2.19. The fraction of sp³-hybridized carbons (Fsp3) is 0.333. The average Bonchev–Trinajstić information content (AvgIpc) is 2.43. The Morgan fingerprint density at radius 3 is 2.70 bits per heavy atom. The molecule has 0 spiro atoms. The van der Waals surface area contributed by atoms with Gasteiger partial charge in [-0.3, -0.25) is 0 Å². The molecule has 0 unspecified atom stereocenters. The zero-order valence-electron chi connectivity index (χ0n) is 11.8. The van der Waals surface area contributed by atoms with Crippen molar-refractivity contribution in [3.8, 4) is 0 Å². The highest BCUT2D eigenvalue weighted by Crippen LogP contribution is 2.25. The van der Waals surface area contributed by atoms with Crippen LogP contribution in [0, 0.1) is 0 Å². The van der Waals surface area contributed by atoms with Crippen LogP contribution < -0.4 is 10.6 Å². The molecule has 0 aliphatic carbocycles. The third kappa shape index (κ3) is 3.20. The van der Waals surface area contributed by atoms with Crippen LogP contribution >= 0.6 is 11.6 Å². The van der Waals surface area contributed by atoms with Gasteiger partial charge in [-0.1, -0.05) is 43.1 Å². The van der Waals surface area contributed by atoms with Crippen molar-refractivity contribution < 1.29 is 0 Å². The lowest BCUT2D eigenvalue weighted by atomic mass is 10.1. The van der Waals surface area contributed by atoms with E-state index in [1.54, 1.807) is 0 Å². The fourth-order valence-corrected chi connectivity index (χ4v) is 2.39. The Morgan fingerprint density at radius 2 is 2.00 bits per heavy atom. The highest BCUT2D eigenvalue weighted by Gasteiger charge is 2.13. The number of nitrogens with two attached hydrogens (primary N) is 1. The molecule has 2 N–H and O–H groups in total. The molecule has 1 aromatic carbocycles.